The van der Waals surface area contributed by atoms with Crippen molar-refractivity contribution in [3.63, 3.8) is 0 Å². The fourth-order valence-corrected chi connectivity index (χ4v) is 5.11. The topological polar surface area (TPSA) is 40.5 Å². The molecule has 2 saturated carbocycles. The van der Waals surface area contributed by atoms with Gasteiger partial charge in [0.05, 0.1) is 5.60 Å². The molecular formula is C20H26FNO2. The molecule has 3 nitrogen and oxygen atoms in total. The molecule has 0 atom stereocenters. The predicted octanol–water partition coefficient (Wildman–Crippen LogP) is 3.08. The molecule has 0 radical (unpaired) electrons. The average Bonchev–Trinajstić information content (AvgIpc) is 2.41. The van der Waals surface area contributed by atoms with Gasteiger partial charge in [0.2, 0.25) is 5.91 Å². The molecule has 0 aromatic heterocycles. The zero-order valence-electron chi connectivity index (χ0n) is 14.5. The second kappa shape index (κ2) is 5.29. The van der Waals surface area contributed by atoms with Crippen LogP contribution in [0.5, 0.6) is 0 Å². The van der Waals surface area contributed by atoms with Gasteiger partial charge in [-0.15, -0.1) is 0 Å². The van der Waals surface area contributed by atoms with E-state index in [1.165, 1.54) is 6.07 Å². The molecule has 3 aliphatic rings. The maximum Gasteiger partial charge on any atom is 0.225 e. The minimum absolute atomic E-state index is 0.0307. The first-order chi connectivity index (χ1) is 11.3. The summed E-state index contributed by atoms with van der Waals surface area (Å²) in [5, 5.41) is 9.78. The van der Waals surface area contributed by atoms with Crippen LogP contribution in [0.4, 0.5) is 4.39 Å². The van der Waals surface area contributed by atoms with Gasteiger partial charge in [0.25, 0.3) is 0 Å². The van der Waals surface area contributed by atoms with Gasteiger partial charge in [-0.25, -0.2) is 4.39 Å². The van der Waals surface area contributed by atoms with Gasteiger partial charge in [-0.05, 0) is 69.1 Å². The molecule has 130 valence electrons. The van der Waals surface area contributed by atoms with E-state index < -0.39 is 5.60 Å². The van der Waals surface area contributed by atoms with Crippen molar-refractivity contribution in [1.82, 2.24) is 4.90 Å². The summed E-state index contributed by atoms with van der Waals surface area (Å²) in [6.45, 7) is 5.42. The monoisotopic (exact) mass is 331 g/mol. The molecule has 24 heavy (non-hydrogen) atoms. The number of carbonyl (C=O) groups is 1. The molecule has 3 fully saturated rings. The third-order valence-corrected chi connectivity index (χ3v) is 6.42. The van der Waals surface area contributed by atoms with E-state index in [2.05, 4.69) is 0 Å². The van der Waals surface area contributed by atoms with Crippen molar-refractivity contribution in [3.05, 3.63) is 35.1 Å². The normalized spacial score (nSPS) is 31.3. The third-order valence-electron chi connectivity index (χ3n) is 6.42. The van der Waals surface area contributed by atoms with Crippen molar-refractivity contribution in [2.45, 2.75) is 51.6 Å². The van der Waals surface area contributed by atoms with Gasteiger partial charge in [-0.2, -0.15) is 0 Å². The summed E-state index contributed by atoms with van der Waals surface area (Å²) in [6.07, 6.45) is 4.46. The van der Waals surface area contributed by atoms with E-state index in [4.69, 9.17) is 0 Å². The molecule has 1 spiro atoms. The molecule has 4 heteroatoms. The summed E-state index contributed by atoms with van der Waals surface area (Å²) in [7, 11) is 0. The number of hydrogen-bond acceptors (Lipinski definition) is 2. The predicted molar refractivity (Wildman–Crippen MR) is 89.9 cm³/mol. The van der Waals surface area contributed by atoms with Gasteiger partial charge in [-0.3, -0.25) is 4.79 Å². The summed E-state index contributed by atoms with van der Waals surface area (Å²) in [4.78, 5) is 14.3. The first kappa shape index (κ1) is 16.1. The number of likely N-dealkylation sites (tertiary alicyclic amines) is 1. The number of hydrogen-bond donors (Lipinski definition) is 1. The highest BCUT2D eigenvalue weighted by Gasteiger charge is 2.55. The number of benzene rings is 1. The Morgan fingerprint density at radius 2 is 1.96 bits per heavy atom. The molecule has 4 rings (SSSR count). The highest BCUT2D eigenvalue weighted by molar-refractivity contribution is 5.81. The van der Waals surface area contributed by atoms with Gasteiger partial charge in [0, 0.05) is 24.4 Å². The Bertz CT molecular complexity index is 662. The van der Waals surface area contributed by atoms with Crippen LogP contribution in [0.2, 0.25) is 0 Å². The molecule has 1 amide bonds. The number of aliphatic hydroxyl groups is 1. The Kier molecular flexibility index (Phi) is 3.54. The highest BCUT2D eigenvalue weighted by atomic mass is 19.1. The van der Waals surface area contributed by atoms with Crippen molar-refractivity contribution in [3.8, 4) is 0 Å². The zero-order valence-corrected chi connectivity index (χ0v) is 14.5. The summed E-state index contributed by atoms with van der Waals surface area (Å²) in [5.41, 5.74) is 1.60. The minimum Gasteiger partial charge on any atom is -0.390 e. The summed E-state index contributed by atoms with van der Waals surface area (Å²) in [5.74, 6) is 0.769. The average molecular weight is 331 g/mol. The van der Waals surface area contributed by atoms with Gasteiger partial charge >= 0.3 is 0 Å². The van der Waals surface area contributed by atoms with E-state index in [0.29, 0.717) is 24.2 Å². The van der Waals surface area contributed by atoms with Gasteiger partial charge in [-0.1, -0.05) is 12.1 Å². The molecule has 1 saturated heterocycles. The van der Waals surface area contributed by atoms with Crippen LogP contribution in [0.1, 0.15) is 43.7 Å². The quantitative estimate of drug-likeness (QED) is 0.925. The first-order valence-corrected chi connectivity index (χ1v) is 9.02. The van der Waals surface area contributed by atoms with Gasteiger partial charge in [0.15, 0.2) is 0 Å². The number of carbonyl (C=O) groups excluding carboxylic acids is 1. The minimum atomic E-state index is -0.632. The van der Waals surface area contributed by atoms with Crippen molar-refractivity contribution in [2.24, 2.45) is 17.3 Å². The maximum atomic E-state index is 13.6. The lowest BCUT2D eigenvalue weighted by Crippen LogP contribution is -2.66. The number of rotatable bonds is 3. The molecule has 0 unspecified atom stereocenters. The van der Waals surface area contributed by atoms with E-state index in [9.17, 15) is 14.3 Å². The number of nitrogens with zero attached hydrogens (tertiary/aromatic N) is 1. The van der Waals surface area contributed by atoms with Crippen LogP contribution in [-0.4, -0.2) is 34.6 Å². The molecule has 1 aromatic rings. The van der Waals surface area contributed by atoms with Crippen LogP contribution < -0.4 is 0 Å². The highest BCUT2D eigenvalue weighted by Crippen LogP contribution is 2.54. The zero-order chi connectivity index (χ0) is 17.1. The van der Waals surface area contributed by atoms with Crippen LogP contribution in [0.15, 0.2) is 18.2 Å². The lowest BCUT2D eigenvalue weighted by molar-refractivity contribution is -0.171. The van der Waals surface area contributed by atoms with Gasteiger partial charge < -0.3 is 10.0 Å². The Hall–Kier alpha value is -1.42. The van der Waals surface area contributed by atoms with Crippen molar-refractivity contribution >= 4 is 5.91 Å². The maximum absolute atomic E-state index is 13.6. The van der Waals surface area contributed by atoms with Crippen LogP contribution in [0.25, 0.3) is 0 Å². The smallest absolute Gasteiger partial charge is 0.225 e. The van der Waals surface area contributed by atoms with Crippen LogP contribution >= 0.6 is 0 Å². The summed E-state index contributed by atoms with van der Waals surface area (Å²) >= 11 is 0. The van der Waals surface area contributed by atoms with E-state index in [1.807, 2.05) is 17.9 Å². The Balaban J connectivity index is 1.26. The molecule has 2 aliphatic carbocycles. The second-order valence-electron chi connectivity index (χ2n) is 8.80. The van der Waals surface area contributed by atoms with Gasteiger partial charge in [0.1, 0.15) is 5.82 Å². The van der Waals surface area contributed by atoms with E-state index >= 15 is 0 Å². The first-order valence-electron chi connectivity index (χ1n) is 9.02. The van der Waals surface area contributed by atoms with E-state index in [0.717, 1.165) is 43.5 Å². The fraction of sp³-hybridized carbons (Fsp3) is 0.650. The van der Waals surface area contributed by atoms with Crippen LogP contribution in [-0.2, 0) is 11.2 Å². The number of amides is 1. The lowest BCUT2D eigenvalue weighted by atomic mass is 9.56. The van der Waals surface area contributed by atoms with Crippen LogP contribution in [0, 0.1) is 30.0 Å². The Morgan fingerprint density at radius 3 is 2.58 bits per heavy atom. The molecule has 1 aliphatic heterocycles. The van der Waals surface area contributed by atoms with Crippen molar-refractivity contribution < 1.29 is 14.3 Å². The lowest BCUT2D eigenvalue weighted by Gasteiger charge is -2.60. The standard InChI is InChI=1S/C20H26FNO2/c1-13-15(4-3-5-17(13)21)6-14-7-20(8-14)11-22(12-20)18(23)16-9-19(2,24)10-16/h3-5,14,16,24H,6-12H2,1-2H3/t16-,19+. The summed E-state index contributed by atoms with van der Waals surface area (Å²) < 4.78 is 13.6. The SMILES string of the molecule is Cc1c(F)cccc1CC1CC2(C1)CN(C(=O)[C@H]1C[C@@](C)(O)C1)C2. The second-order valence-corrected chi connectivity index (χ2v) is 8.80. The third kappa shape index (κ3) is 2.65. The van der Waals surface area contributed by atoms with Crippen LogP contribution in [0.3, 0.4) is 0 Å². The van der Waals surface area contributed by atoms with Crippen molar-refractivity contribution in [1.29, 1.82) is 0 Å². The Labute approximate surface area is 142 Å². The van der Waals surface area contributed by atoms with Crippen molar-refractivity contribution in [2.75, 3.05) is 13.1 Å². The molecule has 1 aromatic carbocycles. The largest absolute Gasteiger partial charge is 0.390 e. The molecule has 1 N–H and O–H groups in total. The van der Waals surface area contributed by atoms with E-state index in [1.54, 1.807) is 13.0 Å². The molecule has 0 bridgehead atoms. The van der Waals surface area contributed by atoms with E-state index in [-0.39, 0.29) is 17.6 Å². The fourth-order valence-electron chi connectivity index (χ4n) is 5.11. The number of halogens is 1. The molecular weight excluding hydrogens is 305 g/mol. The summed E-state index contributed by atoms with van der Waals surface area (Å²) in [6, 6.07) is 5.35. The molecule has 1 heterocycles. The Morgan fingerprint density at radius 1 is 1.29 bits per heavy atom.